The molecule has 0 unspecified atom stereocenters. The standard InChI is InChI=1S/C14H25N3O3/c1-20-13(18)6-7-16-8-10-17(11-9-16)14(19)15-12-4-2-3-5-12/h12H,2-11H2,1H3,(H,15,19). The Balaban J connectivity index is 1.65. The van der Waals surface area contributed by atoms with Crippen molar-refractivity contribution in [1.82, 2.24) is 15.1 Å². The van der Waals surface area contributed by atoms with Gasteiger partial charge in [0, 0.05) is 38.8 Å². The van der Waals surface area contributed by atoms with Crippen molar-refractivity contribution in [3.8, 4) is 0 Å². The van der Waals surface area contributed by atoms with Crippen LogP contribution in [0.2, 0.25) is 0 Å². The summed E-state index contributed by atoms with van der Waals surface area (Å²) in [4.78, 5) is 27.3. The molecule has 0 aromatic carbocycles. The van der Waals surface area contributed by atoms with Crippen LogP contribution in [0, 0.1) is 0 Å². The molecule has 0 radical (unpaired) electrons. The van der Waals surface area contributed by atoms with Crippen LogP contribution in [0.25, 0.3) is 0 Å². The van der Waals surface area contributed by atoms with E-state index in [9.17, 15) is 9.59 Å². The molecule has 2 aliphatic rings. The summed E-state index contributed by atoms with van der Waals surface area (Å²) in [7, 11) is 1.41. The first-order chi connectivity index (χ1) is 9.69. The molecule has 0 bridgehead atoms. The molecule has 6 heteroatoms. The molecule has 1 aliphatic heterocycles. The Hall–Kier alpha value is -1.30. The van der Waals surface area contributed by atoms with Crippen molar-refractivity contribution in [2.45, 2.75) is 38.1 Å². The average Bonchev–Trinajstić information content (AvgIpc) is 2.98. The van der Waals surface area contributed by atoms with Crippen LogP contribution in [0.4, 0.5) is 4.79 Å². The fraction of sp³-hybridized carbons (Fsp3) is 0.857. The van der Waals surface area contributed by atoms with Crippen LogP contribution in [-0.4, -0.2) is 67.7 Å². The van der Waals surface area contributed by atoms with Crippen molar-refractivity contribution in [3.63, 3.8) is 0 Å². The average molecular weight is 283 g/mol. The lowest BCUT2D eigenvalue weighted by molar-refractivity contribution is -0.141. The molecule has 114 valence electrons. The maximum absolute atomic E-state index is 12.1. The van der Waals surface area contributed by atoms with Crippen molar-refractivity contribution in [2.75, 3.05) is 39.8 Å². The number of amides is 2. The number of piperazine rings is 1. The Labute approximate surface area is 120 Å². The van der Waals surface area contributed by atoms with Gasteiger partial charge in [0.2, 0.25) is 0 Å². The van der Waals surface area contributed by atoms with E-state index >= 15 is 0 Å². The van der Waals surface area contributed by atoms with E-state index < -0.39 is 0 Å². The molecule has 0 aromatic heterocycles. The number of rotatable bonds is 4. The van der Waals surface area contributed by atoms with Crippen LogP contribution >= 0.6 is 0 Å². The van der Waals surface area contributed by atoms with Crippen molar-refractivity contribution >= 4 is 12.0 Å². The molecule has 1 aliphatic carbocycles. The van der Waals surface area contributed by atoms with Crippen LogP contribution in [-0.2, 0) is 9.53 Å². The van der Waals surface area contributed by atoms with Gasteiger partial charge in [-0.2, -0.15) is 0 Å². The van der Waals surface area contributed by atoms with E-state index in [0.717, 1.165) is 39.0 Å². The summed E-state index contributed by atoms with van der Waals surface area (Å²) in [6.07, 6.45) is 5.11. The minimum atomic E-state index is -0.175. The highest BCUT2D eigenvalue weighted by Gasteiger charge is 2.24. The minimum absolute atomic E-state index is 0.0736. The number of carbonyl (C=O) groups is 2. The number of carbonyl (C=O) groups excluding carboxylic acids is 2. The van der Waals surface area contributed by atoms with E-state index in [2.05, 4.69) is 15.0 Å². The fourth-order valence-corrected chi connectivity index (χ4v) is 2.86. The molecule has 2 rings (SSSR count). The summed E-state index contributed by atoms with van der Waals surface area (Å²) in [6.45, 7) is 3.84. The van der Waals surface area contributed by atoms with Crippen LogP contribution < -0.4 is 5.32 Å². The third-order valence-electron chi connectivity index (χ3n) is 4.20. The zero-order valence-electron chi connectivity index (χ0n) is 12.3. The smallest absolute Gasteiger partial charge is 0.317 e. The highest BCUT2D eigenvalue weighted by molar-refractivity contribution is 5.74. The van der Waals surface area contributed by atoms with Crippen molar-refractivity contribution in [1.29, 1.82) is 0 Å². The Kier molecular flexibility index (Phi) is 5.64. The molecule has 2 amide bonds. The summed E-state index contributed by atoms with van der Waals surface area (Å²) in [5.74, 6) is -0.175. The summed E-state index contributed by atoms with van der Waals surface area (Å²) in [6, 6.07) is 0.448. The van der Waals surface area contributed by atoms with E-state index in [0.29, 0.717) is 19.0 Å². The first kappa shape index (κ1) is 15.1. The van der Waals surface area contributed by atoms with Gasteiger partial charge in [0.1, 0.15) is 0 Å². The van der Waals surface area contributed by atoms with E-state index in [1.807, 2.05) is 4.90 Å². The Morgan fingerprint density at radius 2 is 1.80 bits per heavy atom. The van der Waals surface area contributed by atoms with E-state index in [-0.39, 0.29) is 12.0 Å². The van der Waals surface area contributed by atoms with Gasteiger partial charge in [0.15, 0.2) is 0 Å². The summed E-state index contributed by atoms with van der Waals surface area (Å²) in [5.41, 5.74) is 0. The summed E-state index contributed by atoms with van der Waals surface area (Å²) >= 11 is 0. The van der Waals surface area contributed by atoms with E-state index in [1.165, 1.54) is 20.0 Å². The van der Waals surface area contributed by atoms with E-state index in [1.54, 1.807) is 0 Å². The quantitative estimate of drug-likeness (QED) is 0.776. The maximum atomic E-state index is 12.1. The highest BCUT2D eigenvalue weighted by atomic mass is 16.5. The molecular formula is C14H25N3O3. The molecule has 6 nitrogen and oxygen atoms in total. The Morgan fingerprint density at radius 3 is 2.40 bits per heavy atom. The molecular weight excluding hydrogens is 258 g/mol. The lowest BCUT2D eigenvalue weighted by Gasteiger charge is -2.35. The number of esters is 1. The second-order valence-electron chi connectivity index (χ2n) is 5.59. The topological polar surface area (TPSA) is 61.9 Å². The summed E-state index contributed by atoms with van der Waals surface area (Å²) in [5, 5.41) is 3.12. The molecule has 0 atom stereocenters. The van der Waals surface area contributed by atoms with Gasteiger partial charge in [0.05, 0.1) is 13.5 Å². The predicted molar refractivity (Wildman–Crippen MR) is 75.4 cm³/mol. The normalized spacial score (nSPS) is 20.9. The first-order valence-electron chi connectivity index (χ1n) is 7.53. The number of nitrogens with zero attached hydrogens (tertiary/aromatic N) is 2. The lowest BCUT2D eigenvalue weighted by Crippen LogP contribution is -2.53. The van der Waals surface area contributed by atoms with Crippen LogP contribution in [0.5, 0.6) is 0 Å². The monoisotopic (exact) mass is 283 g/mol. The van der Waals surface area contributed by atoms with Gasteiger partial charge in [0.25, 0.3) is 0 Å². The number of methoxy groups -OCH3 is 1. The summed E-state index contributed by atoms with van der Waals surface area (Å²) < 4.78 is 4.63. The third-order valence-corrected chi connectivity index (χ3v) is 4.20. The SMILES string of the molecule is COC(=O)CCN1CCN(C(=O)NC2CCCC2)CC1. The van der Waals surface area contributed by atoms with Gasteiger partial charge in [-0.15, -0.1) is 0 Å². The highest BCUT2D eigenvalue weighted by Crippen LogP contribution is 2.18. The van der Waals surface area contributed by atoms with Crippen LogP contribution in [0.1, 0.15) is 32.1 Å². The first-order valence-corrected chi connectivity index (χ1v) is 7.53. The number of hydrogen-bond donors (Lipinski definition) is 1. The lowest BCUT2D eigenvalue weighted by atomic mass is 10.2. The molecule has 1 N–H and O–H groups in total. The third kappa shape index (κ3) is 4.37. The van der Waals surface area contributed by atoms with Gasteiger partial charge < -0.3 is 15.0 Å². The van der Waals surface area contributed by atoms with Gasteiger partial charge in [-0.25, -0.2) is 4.79 Å². The predicted octanol–water partition coefficient (Wildman–Crippen LogP) is 0.819. The van der Waals surface area contributed by atoms with Gasteiger partial charge >= 0.3 is 12.0 Å². The minimum Gasteiger partial charge on any atom is -0.469 e. The van der Waals surface area contributed by atoms with Crippen molar-refractivity contribution in [2.24, 2.45) is 0 Å². The molecule has 2 fully saturated rings. The number of hydrogen-bond acceptors (Lipinski definition) is 4. The Morgan fingerprint density at radius 1 is 1.15 bits per heavy atom. The second kappa shape index (κ2) is 7.47. The number of urea groups is 1. The number of nitrogens with one attached hydrogen (secondary N) is 1. The zero-order chi connectivity index (χ0) is 14.4. The van der Waals surface area contributed by atoms with Crippen LogP contribution in [0.15, 0.2) is 0 Å². The van der Waals surface area contributed by atoms with Gasteiger partial charge in [-0.3, -0.25) is 9.69 Å². The molecule has 0 spiro atoms. The second-order valence-corrected chi connectivity index (χ2v) is 5.59. The number of ether oxygens (including phenoxy) is 1. The van der Waals surface area contributed by atoms with Gasteiger partial charge in [-0.1, -0.05) is 12.8 Å². The van der Waals surface area contributed by atoms with E-state index in [4.69, 9.17) is 0 Å². The van der Waals surface area contributed by atoms with Crippen molar-refractivity contribution < 1.29 is 14.3 Å². The van der Waals surface area contributed by atoms with Gasteiger partial charge in [-0.05, 0) is 12.8 Å². The largest absolute Gasteiger partial charge is 0.469 e. The Bertz CT molecular complexity index is 335. The molecule has 0 aromatic rings. The molecule has 1 saturated heterocycles. The molecule has 20 heavy (non-hydrogen) atoms. The zero-order valence-corrected chi connectivity index (χ0v) is 12.3. The van der Waals surface area contributed by atoms with Crippen molar-refractivity contribution in [3.05, 3.63) is 0 Å². The fourth-order valence-electron chi connectivity index (χ4n) is 2.86. The molecule has 1 heterocycles. The molecule has 1 saturated carbocycles. The maximum Gasteiger partial charge on any atom is 0.317 e. The van der Waals surface area contributed by atoms with Crippen LogP contribution in [0.3, 0.4) is 0 Å².